The molecular weight excluding hydrogens is 390 g/mol. The van der Waals surface area contributed by atoms with Crippen molar-refractivity contribution in [2.24, 2.45) is 5.73 Å². The quantitative estimate of drug-likeness (QED) is 0.687. The van der Waals surface area contributed by atoms with Crippen LogP contribution in [0.5, 0.6) is 11.5 Å². The summed E-state index contributed by atoms with van der Waals surface area (Å²) in [5, 5.41) is 0. The first kappa shape index (κ1) is 20.5. The maximum Gasteiger partial charge on any atom is 0.253 e. The Hall–Kier alpha value is -3.80. The first-order valence-corrected chi connectivity index (χ1v) is 10.3. The molecule has 0 aromatic heterocycles. The van der Waals surface area contributed by atoms with E-state index in [2.05, 4.69) is 36.1 Å². The van der Waals surface area contributed by atoms with E-state index < -0.39 is 5.91 Å². The molecule has 2 amide bonds. The molecular formula is C25H25N3O3. The molecule has 0 bridgehead atoms. The first-order valence-electron chi connectivity index (χ1n) is 10.3. The number of anilines is 1. The molecule has 31 heavy (non-hydrogen) atoms. The number of amides is 2. The highest BCUT2D eigenvalue weighted by Crippen LogP contribution is 2.23. The Bertz CT molecular complexity index is 1070. The summed E-state index contributed by atoms with van der Waals surface area (Å²) >= 11 is 0. The molecule has 1 fully saturated rings. The van der Waals surface area contributed by atoms with Gasteiger partial charge in [-0.05, 0) is 73.2 Å². The van der Waals surface area contributed by atoms with E-state index in [1.54, 1.807) is 48.5 Å². The first-order chi connectivity index (χ1) is 15.0. The minimum absolute atomic E-state index is 0.0289. The van der Waals surface area contributed by atoms with Gasteiger partial charge in [-0.1, -0.05) is 12.1 Å². The summed E-state index contributed by atoms with van der Waals surface area (Å²) in [6.07, 6.45) is 0. The van der Waals surface area contributed by atoms with Crippen molar-refractivity contribution < 1.29 is 14.3 Å². The molecule has 0 spiro atoms. The summed E-state index contributed by atoms with van der Waals surface area (Å²) < 4.78 is 5.78. The molecule has 4 rings (SSSR count). The van der Waals surface area contributed by atoms with Crippen LogP contribution in [-0.2, 0) is 0 Å². The zero-order chi connectivity index (χ0) is 21.8. The van der Waals surface area contributed by atoms with E-state index in [-0.39, 0.29) is 5.91 Å². The summed E-state index contributed by atoms with van der Waals surface area (Å²) in [6, 6.07) is 22.2. The molecule has 3 aromatic rings. The number of carbonyl (C=O) groups is 2. The Labute approximate surface area is 181 Å². The molecule has 0 atom stereocenters. The van der Waals surface area contributed by atoms with Crippen LogP contribution in [0.25, 0.3) is 0 Å². The number of ether oxygens (including phenoxy) is 1. The van der Waals surface area contributed by atoms with Crippen LogP contribution in [-0.4, -0.2) is 42.9 Å². The molecule has 6 nitrogen and oxygen atoms in total. The largest absolute Gasteiger partial charge is 0.457 e. The lowest BCUT2D eigenvalue weighted by Crippen LogP contribution is -2.48. The third-order valence-corrected chi connectivity index (χ3v) is 5.41. The fourth-order valence-corrected chi connectivity index (χ4v) is 3.66. The number of carbonyl (C=O) groups excluding carboxylic acids is 2. The van der Waals surface area contributed by atoms with Gasteiger partial charge in [0.25, 0.3) is 5.91 Å². The Morgan fingerprint density at radius 1 is 0.806 bits per heavy atom. The van der Waals surface area contributed by atoms with Crippen molar-refractivity contribution in [3.05, 3.63) is 89.5 Å². The minimum Gasteiger partial charge on any atom is -0.457 e. The Kier molecular flexibility index (Phi) is 5.89. The van der Waals surface area contributed by atoms with Crippen molar-refractivity contribution in [1.82, 2.24) is 4.90 Å². The van der Waals surface area contributed by atoms with Crippen molar-refractivity contribution in [2.45, 2.75) is 6.92 Å². The van der Waals surface area contributed by atoms with Crippen molar-refractivity contribution in [2.75, 3.05) is 31.1 Å². The number of aryl methyl sites for hydroxylation is 1. The van der Waals surface area contributed by atoms with Gasteiger partial charge < -0.3 is 20.3 Å². The number of benzene rings is 3. The highest BCUT2D eigenvalue weighted by Gasteiger charge is 2.22. The average molecular weight is 415 g/mol. The fraction of sp³-hybridized carbons (Fsp3) is 0.200. The normalized spacial score (nSPS) is 13.7. The van der Waals surface area contributed by atoms with Gasteiger partial charge >= 0.3 is 0 Å². The van der Waals surface area contributed by atoms with E-state index >= 15 is 0 Å². The molecule has 6 heteroatoms. The zero-order valence-corrected chi connectivity index (χ0v) is 17.5. The average Bonchev–Trinajstić information content (AvgIpc) is 2.80. The van der Waals surface area contributed by atoms with Crippen molar-refractivity contribution in [1.29, 1.82) is 0 Å². The lowest BCUT2D eigenvalue weighted by Gasteiger charge is -2.36. The smallest absolute Gasteiger partial charge is 0.253 e. The van der Waals surface area contributed by atoms with Crippen LogP contribution in [0.15, 0.2) is 72.8 Å². The van der Waals surface area contributed by atoms with Crippen molar-refractivity contribution in [3.63, 3.8) is 0 Å². The molecule has 1 saturated heterocycles. The van der Waals surface area contributed by atoms with E-state index in [1.807, 2.05) is 4.90 Å². The van der Waals surface area contributed by atoms with Gasteiger partial charge in [-0.2, -0.15) is 0 Å². The maximum absolute atomic E-state index is 12.9. The lowest BCUT2D eigenvalue weighted by atomic mass is 10.1. The van der Waals surface area contributed by atoms with E-state index in [0.717, 1.165) is 13.1 Å². The SMILES string of the molecule is Cc1cccc(N2CCN(C(=O)c3ccc(Oc4ccc(C(N)=O)cc4)cc3)CC2)c1. The van der Waals surface area contributed by atoms with Crippen LogP contribution in [0, 0.1) is 6.92 Å². The van der Waals surface area contributed by atoms with Gasteiger partial charge in [0.2, 0.25) is 5.91 Å². The predicted octanol–water partition coefficient (Wildman–Crippen LogP) is 3.85. The molecule has 0 unspecified atom stereocenters. The van der Waals surface area contributed by atoms with Gasteiger partial charge in [-0.15, -0.1) is 0 Å². The lowest BCUT2D eigenvalue weighted by molar-refractivity contribution is 0.0746. The summed E-state index contributed by atoms with van der Waals surface area (Å²) in [5.41, 5.74) is 8.76. The molecule has 1 aliphatic rings. The molecule has 0 radical (unpaired) electrons. The number of nitrogens with two attached hydrogens (primary N) is 1. The highest BCUT2D eigenvalue weighted by atomic mass is 16.5. The summed E-state index contributed by atoms with van der Waals surface area (Å²) in [7, 11) is 0. The van der Waals surface area contributed by atoms with Crippen molar-refractivity contribution in [3.8, 4) is 11.5 Å². The second-order valence-electron chi connectivity index (χ2n) is 7.63. The van der Waals surface area contributed by atoms with E-state index in [9.17, 15) is 9.59 Å². The van der Waals surface area contributed by atoms with E-state index in [0.29, 0.717) is 35.7 Å². The van der Waals surface area contributed by atoms with Crippen LogP contribution in [0.1, 0.15) is 26.3 Å². The summed E-state index contributed by atoms with van der Waals surface area (Å²) in [4.78, 5) is 28.2. The number of nitrogens with zero attached hydrogens (tertiary/aromatic N) is 2. The van der Waals surface area contributed by atoms with Crippen LogP contribution < -0.4 is 15.4 Å². The summed E-state index contributed by atoms with van der Waals surface area (Å²) in [6.45, 7) is 5.11. The van der Waals surface area contributed by atoms with Crippen molar-refractivity contribution >= 4 is 17.5 Å². The molecule has 2 N–H and O–H groups in total. The van der Waals surface area contributed by atoms with Gasteiger partial charge in [-0.3, -0.25) is 9.59 Å². The number of rotatable bonds is 5. The zero-order valence-electron chi connectivity index (χ0n) is 17.5. The van der Waals surface area contributed by atoms with E-state index in [1.165, 1.54) is 11.3 Å². The topological polar surface area (TPSA) is 75.9 Å². The number of piperazine rings is 1. The van der Waals surface area contributed by atoms with Crippen LogP contribution >= 0.6 is 0 Å². The molecule has 0 aliphatic carbocycles. The number of hydrogen-bond donors (Lipinski definition) is 1. The van der Waals surface area contributed by atoms with Gasteiger partial charge in [0.05, 0.1) is 0 Å². The molecule has 1 heterocycles. The Morgan fingerprint density at radius 2 is 1.39 bits per heavy atom. The molecule has 1 aliphatic heterocycles. The summed E-state index contributed by atoms with van der Waals surface area (Å²) in [5.74, 6) is 0.763. The molecule has 3 aromatic carbocycles. The van der Waals surface area contributed by atoms with E-state index in [4.69, 9.17) is 10.5 Å². The maximum atomic E-state index is 12.9. The third-order valence-electron chi connectivity index (χ3n) is 5.41. The second-order valence-corrected chi connectivity index (χ2v) is 7.63. The standard InChI is InChI=1S/C25H25N3O3/c1-18-3-2-4-21(17-18)27-13-15-28(16-14-27)25(30)20-7-11-23(12-8-20)31-22-9-5-19(6-10-22)24(26)29/h2-12,17H,13-16H2,1H3,(H2,26,29). The third kappa shape index (κ3) is 4.86. The highest BCUT2D eigenvalue weighted by molar-refractivity contribution is 5.94. The Balaban J connectivity index is 1.34. The molecule has 0 saturated carbocycles. The van der Waals surface area contributed by atoms with Gasteiger partial charge in [0.1, 0.15) is 11.5 Å². The fourth-order valence-electron chi connectivity index (χ4n) is 3.66. The molecule has 158 valence electrons. The monoisotopic (exact) mass is 415 g/mol. The predicted molar refractivity (Wildman–Crippen MR) is 121 cm³/mol. The van der Waals surface area contributed by atoms with Crippen LogP contribution in [0.4, 0.5) is 5.69 Å². The van der Waals surface area contributed by atoms with Gasteiger partial charge in [0.15, 0.2) is 0 Å². The number of primary amides is 1. The van der Waals surface area contributed by atoms with Crippen LogP contribution in [0.3, 0.4) is 0 Å². The second kappa shape index (κ2) is 8.92. The Morgan fingerprint density at radius 3 is 1.94 bits per heavy atom. The van der Waals surface area contributed by atoms with Gasteiger partial charge in [-0.25, -0.2) is 0 Å². The van der Waals surface area contributed by atoms with Gasteiger partial charge in [0, 0.05) is 43.0 Å². The minimum atomic E-state index is -0.478. The van der Waals surface area contributed by atoms with Crippen LogP contribution in [0.2, 0.25) is 0 Å². The number of hydrogen-bond acceptors (Lipinski definition) is 4.